The minimum absolute atomic E-state index is 0.543. The van der Waals surface area contributed by atoms with Gasteiger partial charge in [0, 0.05) is 12.4 Å². The highest BCUT2D eigenvalue weighted by Crippen LogP contribution is 2.26. The van der Waals surface area contributed by atoms with Gasteiger partial charge >= 0.3 is 6.18 Å². The summed E-state index contributed by atoms with van der Waals surface area (Å²) in [5, 5.41) is 0. The van der Waals surface area contributed by atoms with Crippen LogP contribution in [0.4, 0.5) is 13.2 Å². The molecule has 1 aromatic rings. The Hall–Kier alpha value is -1.78. The number of nitrogens with one attached hydrogen (secondary N) is 1. The largest absolute Gasteiger partial charge is 0.416 e. The summed E-state index contributed by atoms with van der Waals surface area (Å²) in [6.07, 6.45) is 1.88. The van der Waals surface area contributed by atoms with Gasteiger partial charge in [-0.25, -0.2) is 4.98 Å². The molecule has 0 radical (unpaired) electrons. The average molecular weight is 228 g/mol. The van der Waals surface area contributed by atoms with E-state index in [-0.39, 0.29) is 0 Å². The lowest BCUT2D eigenvalue weighted by Gasteiger charge is -2.05. The Bertz CT molecular complexity index is 411. The lowest BCUT2D eigenvalue weighted by Crippen LogP contribution is -2.09. The monoisotopic (exact) mass is 228 g/mol. The number of hydrogen-bond acceptors (Lipinski definition) is 1. The number of hydrogen-bond donors (Lipinski definition) is 1. The number of allylic oxidation sites excluding steroid dienone is 5. The van der Waals surface area contributed by atoms with Gasteiger partial charge in [0.1, 0.15) is 5.82 Å². The molecule has 0 saturated carbocycles. The number of rotatable bonds is 3. The molecule has 1 rings (SSSR count). The fourth-order valence-electron chi connectivity index (χ4n) is 1.05. The first-order chi connectivity index (χ1) is 7.45. The molecule has 1 N–H and O–H groups in total. The lowest BCUT2D eigenvalue weighted by atomic mass is 10.2. The van der Waals surface area contributed by atoms with E-state index in [0.29, 0.717) is 11.4 Å². The van der Waals surface area contributed by atoms with Crippen LogP contribution in [0.3, 0.4) is 0 Å². The molecule has 0 atom stereocenters. The maximum absolute atomic E-state index is 12.3. The second-order valence-electron chi connectivity index (χ2n) is 3.11. The topological polar surface area (TPSA) is 28.7 Å². The van der Waals surface area contributed by atoms with Crippen LogP contribution in [0, 0.1) is 0 Å². The van der Waals surface area contributed by atoms with Crippen molar-refractivity contribution in [3.63, 3.8) is 0 Å². The lowest BCUT2D eigenvalue weighted by molar-refractivity contribution is -0.0881. The molecule has 16 heavy (non-hydrogen) atoms. The third-order valence-corrected chi connectivity index (χ3v) is 1.93. The number of H-pyrrole nitrogens is 1. The van der Waals surface area contributed by atoms with Crippen molar-refractivity contribution >= 4 is 5.57 Å². The summed E-state index contributed by atoms with van der Waals surface area (Å²) in [7, 11) is 0. The van der Waals surface area contributed by atoms with E-state index in [4.69, 9.17) is 0 Å². The van der Waals surface area contributed by atoms with E-state index < -0.39 is 11.7 Å². The normalized spacial score (nSPS) is 14.0. The summed E-state index contributed by atoms with van der Waals surface area (Å²) in [6, 6.07) is 0. The fourth-order valence-corrected chi connectivity index (χ4v) is 1.05. The molecule has 0 aliphatic heterocycles. The standard InChI is InChI=1S/C11H11F3N2/c1-3-9(11(12,13)14)5-4-8(2)10-15-6-7-16-10/h3-7H,1H2,2H3,(H,15,16)/b8-4+,9-5+. The quantitative estimate of drug-likeness (QED) is 0.788. The third kappa shape index (κ3) is 3.12. The fraction of sp³-hybridized carbons (Fsp3) is 0.182. The predicted octanol–water partition coefficient (Wildman–Crippen LogP) is 3.49. The van der Waals surface area contributed by atoms with Crippen molar-refractivity contribution < 1.29 is 13.2 Å². The molecule has 0 amide bonds. The summed E-state index contributed by atoms with van der Waals surface area (Å²) < 4.78 is 37.0. The Balaban J connectivity index is 2.93. The van der Waals surface area contributed by atoms with E-state index >= 15 is 0 Å². The molecule has 0 aliphatic carbocycles. The van der Waals surface area contributed by atoms with Gasteiger partial charge in [0.05, 0.1) is 5.57 Å². The molecular formula is C11H11F3N2. The SMILES string of the molecule is C=C/C(=C\C=C(/C)c1ncc[nH]1)C(F)(F)F. The Morgan fingerprint density at radius 2 is 2.12 bits per heavy atom. The molecule has 0 aromatic carbocycles. The Morgan fingerprint density at radius 3 is 2.56 bits per heavy atom. The molecule has 0 unspecified atom stereocenters. The van der Waals surface area contributed by atoms with Crippen molar-refractivity contribution in [3.05, 3.63) is 48.6 Å². The Labute approximate surface area is 91.2 Å². The van der Waals surface area contributed by atoms with E-state index in [0.717, 1.165) is 12.2 Å². The van der Waals surface area contributed by atoms with E-state index in [1.165, 1.54) is 12.3 Å². The van der Waals surface area contributed by atoms with Gasteiger partial charge in [0.2, 0.25) is 0 Å². The smallest absolute Gasteiger partial charge is 0.345 e. The van der Waals surface area contributed by atoms with Crippen molar-refractivity contribution in [1.29, 1.82) is 0 Å². The summed E-state index contributed by atoms with van der Waals surface area (Å²) in [5.41, 5.74) is -0.160. The molecule has 0 saturated heterocycles. The number of imidazole rings is 1. The first-order valence-corrected chi connectivity index (χ1v) is 4.53. The molecule has 1 heterocycles. The molecule has 2 nitrogen and oxygen atoms in total. The summed E-state index contributed by atoms with van der Waals surface area (Å²) in [6.45, 7) is 4.80. The third-order valence-electron chi connectivity index (χ3n) is 1.93. The minimum Gasteiger partial charge on any atom is -0.345 e. The zero-order valence-corrected chi connectivity index (χ0v) is 8.67. The highest BCUT2D eigenvalue weighted by molar-refractivity contribution is 5.59. The molecule has 5 heteroatoms. The second-order valence-corrected chi connectivity index (χ2v) is 3.11. The predicted molar refractivity (Wildman–Crippen MR) is 56.6 cm³/mol. The van der Waals surface area contributed by atoms with Gasteiger partial charge in [0.15, 0.2) is 0 Å². The molecule has 0 bridgehead atoms. The Morgan fingerprint density at radius 1 is 1.44 bits per heavy atom. The van der Waals surface area contributed by atoms with Gasteiger partial charge in [0.25, 0.3) is 0 Å². The van der Waals surface area contributed by atoms with Crippen LogP contribution in [0.15, 0.2) is 42.8 Å². The van der Waals surface area contributed by atoms with Crippen molar-refractivity contribution in [2.75, 3.05) is 0 Å². The summed E-state index contributed by atoms with van der Waals surface area (Å²) in [4.78, 5) is 6.72. The maximum atomic E-state index is 12.3. The van der Waals surface area contributed by atoms with Gasteiger partial charge in [-0.3, -0.25) is 0 Å². The van der Waals surface area contributed by atoms with E-state index in [1.54, 1.807) is 13.1 Å². The second kappa shape index (κ2) is 4.83. The van der Waals surface area contributed by atoms with Crippen LogP contribution in [0.1, 0.15) is 12.7 Å². The van der Waals surface area contributed by atoms with E-state index in [1.807, 2.05) is 0 Å². The van der Waals surface area contributed by atoms with Crippen molar-refractivity contribution in [1.82, 2.24) is 9.97 Å². The Kier molecular flexibility index (Phi) is 3.71. The highest BCUT2D eigenvalue weighted by atomic mass is 19.4. The van der Waals surface area contributed by atoms with Crippen LogP contribution in [-0.2, 0) is 0 Å². The van der Waals surface area contributed by atoms with Gasteiger partial charge in [-0.05, 0) is 18.6 Å². The molecule has 0 aliphatic rings. The highest BCUT2D eigenvalue weighted by Gasteiger charge is 2.30. The zero-order chi connectivity index (χ0) is 12.2. The van der Waals surface area contributed by atoms with E-state index in [2.05, 4.69) is 16.5 Å². The first-order valence-electron chi connectivity index (χ1n) is 4.53. The number of aromatic amines is 1. The zero-order valence-electron chi connectivity index (χ0n) is 8.67. The van der Waals surface area contributed by atoms with Gasteiger partial charge in [-0.15, -0.1) is 0 Å². The number of aromatic nitrogens is 2. The first kappa shape index (κ1) is 12.3. The molecular weight excluding hydrogens is 217 g/mol. The van der Waals surface area contributed by atoms with Crippen LogP contribution >= 0.6 is 0 Å². The van der Waals surface area contributed by atoms with Crippen LogP contribution in [0.2, 0.25) is 0 Å². The van der Waals surface area contributed by atoms with Gasteiger partial charge in [-0.2, -0.15) is 13.2 Å². The molecule has 0 fully saturated rings. The van der Waals surface area contributed by atoms with Crippen LogP contribution in [0.5, 0.6) is 0 Å². The van der Waals surface area contributed by atoms with Crippen molar-refractivity contribution in [2.45, 2.75) is 13.1 Å². The molecule has 86 valence electrons. The minimum atomic E-state index is -4.37. The van der Waals surface area contributed by atoms with Crippen LogP contribution < -0.4 is 0 Å². The van der Waals surface area contributed by atoms with Gasteiger partial charge < -0.3 is 4.98 Å². The molecule has 0 spiro atoms. The van der Waals surface area contributed by atoms with Crippen LogP contribution in [0.25, 0.3) is 5.57 Å². The average Bonchev–Trinajstić information content (AvgIpc) is 2.68. The van der Waals surface area contributed by atoms with Crippen molar-refractivity contribution in [2.24, 2.45) is 0 Å². The maximum Gasteiger partial charge on any atom is 0.416 e. The van der Waals surface area contributed by atoms with Crippen LogP contribution in [-0.4, -0.2) is 16.1 Å². The number of alkyl halides is 3. The summed E-state index contributed by atoms with van der Waals surface area (Å²) in [5.74, 6) is 0.543. The van der Waals surface area contributed by atoms with E-state index in [9.17, 15) is 13.2 Å². The summed E-state index contributed by atoms with van der Waals surface area (Å²) >= 11 is 0. The number of halogens is 3. The number of nitrogens with zero attached hydrogens (tertiary/aromatic N) is 1. The van der Waals surface area contributed by atoms with Crippen molar-refractivity contribution in [3.8, 4) is 0 Å². The molecule has 1 aromatic heterocycles. The van der Waals surface area contributed by atoms with Gasteiger partial charge in [-0.1, -0.05) is 18.7 Å².